The summed E-state index contributed by atoms with van der Waals surface area (Å²) >= 11 is 12.4. The highest BCUT2D eigenvalue weighted by Crippen LogP contribution is 2.38. The highest BCUT2D eigenvalue weighted by molar-refractivity contribution is 7.89. The number of hydrogen-bond donors (Lipinski definition) is 3. The lowest BCUT2D eigenvalue weighted by atomic mass is 9.94. The Hall–Kier alpha value is -3.07. The first-order valence-corrected chi connectivity index (χ1v) is 12.1. The number of aromatic amines is 1. The predicted molar refractivity (Wildman–Crippen MR) is 119 cm³/mol. The van der Waals surface area contributed by atoms with E-state index < -0.39 is 44.0 Å². The topological polar surface area (TPSA) is 156 Å². The molecule has 0 spiro atoms. The van der Waals surface area contributed by atoms with Crippen LogP contribution in [0.5, 0.6) is 17.4 Å². The van der Waals surface area contributed by atoms with Gasteiger partial charge in [-0.1, -0.05) is 29.6 Å². The molecule has 0 amide bonds. The molecular formula is C19H15Cl2F2N5O6S. The number of nitrogens with zero attached hydrogens (tertiary/aromatic N) is 3. The Balaban J connectivity index is 1.68. The SMILES string of the molecule is O=c1[nH]c(=O)n(-c2cc(Cl)c(Oc3cc(S(=O)(=O)NC4CCC4)c(O)cn3)c(Cl)c2)nc1C(F)F. The zero-order chi connectivity index (χ0) is 25.5. The summed E-state index contributed by atoms with van der Waals surface area (Å²) in [6.07, 6.45) is -0.128. The number of halogens is 4. The lowest BCUT2D eigenvalue weighted by Crippen LogP contribution is -2.39. The standard InChI is InChI=1S/C19H15Cl2F2N5O6S/c20-10-4-9(28-19(31)25-18(30)15(26-28)17(22)23)5-11(21)16(10)34-14-6-13(12(29)7-24-14)35(32,33)27-8-2-1-3-8/h4-8,17,27,29H,1-3H2,(H,25,30,31). The maximum atomic E-state index is 13.0. The molecule has 0 saturated heterocycles. The van der Waals surface area contributed by atoms with E-state index in [1.54, 1.807) is 4.98 Å². The van der Waals surface area contributed by atoms with E-state index in [4.69, 9.17) is 27.9 Å². The van der Waals surface area contributed by atoms with Crippen LogP contribution >= 0.6 is 23.2 Å². The van der Waals surface area contributed by atoms with Crippen molar-refractivity contribution < 1.29 is 27.0 Å². The molecule has 0 unspecified atom stereocenters. The van der Waals surface area contributed by atoms with E-state index in [1.165, 1.54) is 0 Å². The largest absolute Gasteiger partial charge is 0.505 e. The van der Waals surface area contributed by atoms with Crippen LogP contribution in [-0.4, -0.2) is 39.3 Å². The van der Waals surface area contributed by atoms with E-state index in [-0.39, 0.29) is 33.4 Å². The third-order valence-corrected chi connectivity index (χ3v) is 7.14. The summed E-state index contributed by atoms with van der Waals surface area (Å²) < 4.78 is 59.7. The molecule has 186 valence electrons. The quantitative estimate of drug-likeness (QED) is 0.406. The predicted octanol–water partition coefficient (Wildman–Crippen LogP) is 2.89. The van der Waals surface area contributed by atoms with Gasteiger partial charge in [-0.25, -0.2) is 31.7 Å². The summed E-state index contributed by atoms with van der Waals surface area (Å²) in [5.74, 6) is -1.10. The van der Waals surface area contributed by atoms with Gasteiger partial charge in [0.2, 0.25) is 15.9 Å². The molecule has 35 heavy (non-hydrogen) atoms. The van der Waals surface area contributed by atoms with Crippen LogP contribution in [0.3, 0.4) is 0 Å². The Morgan fingerprint density at radius 2 is 1.86 bits per heavy atom. The Kier molecular flexibility index (Phi) is 6.81. The van der Waals surface area contributed by atoms with Crippen LogP contribution in [0.15, 0.2) is 38.9 Å². The van der Waals surface area contributed by atoms with Crippen molar-refractivity contribution in [3.63, 3.8) is 0 Å². The van der Waals surface area contributed by atoms with Crippen molar-refractivity contribution in [2.75, 3.05) is 0 Å². The monoisotopic (exact) mass is 549 g/mol. The van der Waals surface area contributed by atoms with Gasteiger partial charge >= 0.3 is 5.69 Å². The number of alkyl halides is 2. The minimum Gasteiger partial charge on any atom is -0.505 e. The highest BCUT2D eigenvalue weighted by Gasteiger charge is 2.28. The van der Waals surface area contributed by atoms with E-state index in [1.807, 2.05) is 0 Å². The Labute approximate surface area is 205 Å². The van der Waals surface area contributed by atoms with Crippen LogP contribution in [0.4, 0.5) is 8.78 Å². The third-order valence-electron chi connectivity index (χ3n) is 5.03. The maximum Gasteiger partial charge on any atom is 0.349 e. The van der Waals surface area contributed by atoms with E-state index in [0.717, 1.165) is 30.8 Å². The van der Waals surface area contributed by atoms with E-state index in [0.29, 0.717) is 17.5 Å². The average molecular weight is 550 g/mol. The lowest BCUT2D eigenvalue weighted by Gasteiger charge is -2.26. The zero-order valence-electron chi connectivity index (χ0n) is 17.3. The Bertz CT molecular complexity index is 1500. The van der Waals surface area contributed by atoms with E-state index in [2.05, 4.69) is 14.8 Å². The number of hydrogen-bond acceptors (Lipinski definition) is 8. The number of sulfonamides is 1. The fourth-order valence-corrected chi connectivity index (χ4v) is 5.03. The molecule has 1 aliphatic rings. The fourth-order valence-electron chi connectivity index (χ4n) is 3.09. The molecule has 1 aliphatic carbocycles. The molecule has 3 N–H and O–H groups in total. The maximum absolute atomic E-state index is 13.0. The molecule has 4 rings (SSSR count). The van der Waals surface area contributed by atoms with Crippen LogP contribution in [-0.2, 0) is 10.0 Å². The molecule has 0 atom stereocenters. The Morgan fingerprint density at radius 3 is 2.43 bits per heavy atom. The van der Waals surface area contributed by atoms with E-state index >= 15 is 0 Å². The molecule has 2 aromatic heterocycles. The van der Waals surface area contributed by atoms with Gasteiger partial charge in [-0.05, 0) is 25.0 Å². The summed E-state index contributed by atoms with van der Waals surface area (Å²) in [6.45, 7) is 0. The number of nitrogens with one attached hydrogen (secondary N) is 2. The van der Waals surface area contributed by atoms with Gasteiger partial charge < -0.3 is 9.84 Å². The van der Waals surface area contributed by atoms with Gasteiger partial charge in [0.05, 0.1) is 21.9 Å². The highest BCUT2D eigenvalue weighted by atomic mass is 35.5. The van der Waals surface area contributed by atoms with Crippen molar-refractivity contribution in [1.29, 1.82) is 0 Å². The number of H-pyrrole nitrogens is 1. The number of ether oxygens (including phenoxy) is 1. The van der Waals surface area contributed by atoms with Gasteiger partial charge in [0.15, 0.2) is 17.2 Å². The van der Waals surface area contributed by atoms with Crippen LogP contribution in [0, 0.1) is 0 Å². The van der Waals surface area contributed by atoms with Crippen LogP contribution in [0.1, 0.15) is 31.4 Å². The van der Waals surface area contributed by atoms with Crippen LogP contribution < -0.4 is 20.7 Å². The minimum absolute atomic E-state index is 0.165. The molecule has 11 nitrogen and oxygen atoms in total. The lowest BCUT2D eigenvalue weighted by molar-refractivity contribution is 0.141. The number of benzene rings is 1. The summed E-state index contributed by atoms with van der Waals surface area (Å²) in [5, 5.41) is 12.9. The fraction of sp³-hybridized carbons (Fsp3) is 0.263. The van der Waals surface area contributed by atoms with Gasteiger partial charge in [0.25, 0.3) is 12.0 Å². The molecule has 2 heterocycles. The second kappa shape index (κ2) is 9.53. The van der Waals surface area contributed by atoms with Crippen molar-refractivity contribution in [3.8, 4) is 23.1 Å². The van der Waals surface area contributed by atoms with Gasteiger partial charge in [0.1, 0.15) is 4.90 Å². The molecule has 1 aromatic carbocycles. The second-order valence-corrected chi connectivity index (χ2v) is 9.93. The first-order chi connectivity index (χ1) is 16.5. The number of rotatable bonds is 7. The normalized spacial score (nSPS) is 14.2. The summed E-state index contributed by atoms with van der Waals surface area (Å²) in [6, 6.07) is 2.94. The first kappa shape index (κ1) is 25.0. The zero-order valence-corrected chi connectivity index (χ0v) is 19.7. The van der Waals surface area contributed by atoms with Crippen molar-refractivity contribution >= 4 is 33.2 Å². The Morgan fingerprint density at radius 1 is 1.20 bits per heavy atom. The number of aromatic hydroxyl groups is 1. The molecule has 0 bridgehead atoms. The molecule has 16 heteroatoms. The number of aromatic nitrogens is 4. The van der Waals surface area contributed by atoms with Crippen LogP contribution in [0.25, 0.3) is 5.69 Å². The summed E-state index contributed by atoms with van der Waals surface area (Å²) in [4.78, 5) is 28.6. The molecule has 1 saturated carbocycles. The third kappa shape index (κ3) is 5.15. The first-order valence-electron chi connectivity index (χ1n) is 9.86. The van der Waals surface area contributed by atoms with Crippen molar-refractivity contribution in [2.24, 2.45) is 0 Å². The van der Waals surface area contributed by atoms with Crippen molar-refractivity contribution in [1.82, 2.24) is 24.5 Å². The number of pyridine rings is 1. The average Bonchev–Trinajstić information content (AvgIpc) is 2.74. The molecule has 0 radical (unpaired) electrons. The molecule has 1 fully saturated rings. The molecular weight excluding hydrogens is 535 g/mol. The van der Waals surface area contributed by atoms with E-state index in [9.17, 15) is 31.9 Å². The smallest absolute Gasteiger partial charge is 0.349 e. The van der Waals surface area contributed by atoms with Crippen molar-refractivity contribution in [3.05, 3.63) is 61.0 Å². The minimum atomic E-state index is -4.07. The van der Waals surface area contributed by atoms with Gasteiger partial charge in [-0.15, -0.1) is 0 Å². The van der Waals surface area contributed by atoms with Gasteiger partial charge in [-0.2, -0.15) is 9.78 Å². The van der Waals surface area contributed by atoms with Crippen LogP contribution in [0.2, 0.25) is 10.0 Å². The summed E-state index contributed by atoms with van der Waals surface area (Å²) in [7, 11) is -4.07. The summed E-state index contributed by atoms with van der Waals surface area (Å²) in [5.41, 5.74) is -3.81. The van der Waals surface area contributed by atoms with Gasteiger partial charge in [0, 0.05) is 12.1 Å². The van der Waals surface area contributed by atoms with Gasteiger partial charge in [-0.3, -0.25) is 9.78 Å². The van der Waals surface area contributed by atoms with Crippen molar-refractivity contribution in [2.45, 2.75) is 36.6 Å². The molecule has 3 aromatic rings. The molecule has 0 aliphatic heterocycles. The second-order valence-electron chi connectivity index (χ2n) is 7.44.